The van der Waals surface area contributed by atoms with E-state index < -0.39 is 0 Å². The van der Waals surface area contributed by atoms with Crippen molar-refractivity contribution >= 4 is 28.4 Å². The summed E-state index contributed by atoms with van der Waals surface area (Å²) in [5, 5.41) is 7.61. The third-order valence-electron chi connectivity index (χ3n) is 8.79. The lowest BCUT2D eigenvalue weighted by atomic mass is 9.94. The molecule has 1 saturated heterocycles. The second kappa shape index (κ2) is 11.6. The summed E-state index contributed by atoms with van der Waals surface area (Å²) in [6, 6.07) is 10.4. The van der Waals surface area contributed by atoms with Gasteiger partial charge in [-0.3, -0.25) is 14.3 Å². The highest BCUT2D eigenvalue weighted by atomic mass is 16.1. The molecule has 0 atom stereocenters. The number of anilines is 3. The van der Waals surface area contributed by atoms with Crippen molar-refractivity contribution in [2.75, 3.05) is 36.4 Å². The summed E-state index contributed by atoms with van der Waals surface area (Å²) < 4.78 is 1.77. The molecule has 3 fully saturated rings. The average molecular weight is 560 g/mol. The fraction of sp³-hybridized carbons (Fsp3) is 0.412. The van der Waals surface area contributed by atoms with E-state index in [4.69, 9.17) is 4.98 Å². The van der Waals surface area contributed by atoms with Crippen molar-refractivity contribution < 1.29 is 0 Å². The molecule has 0 amide bonds. The van der Waals surface area contributed by atoms with Crippen LogP contribution in [0.4, 0.5) is 17.3 Å². The molecule has 214 valence electrons. The molecule has 42 heavy (non-hydrogen) atoms. The van der Waals surface area contributed by atoms with Crippen molar-refractivity contribution in [3.63, 3.8) is 0 Å². The van der Waals surface area contributed by atoms with Crippen molar-refractivity contribution in [1.29, 1.82) is 0 Å². The highest BCUT2D eigenvalue weighted by Crippen LogP contribution is 2.36. The molecule has 8 heteroatoms. The van der Waals surface area contributed by atoms with Crippen LogP contribution < -0.4 is 21.1 Å². The number of rotatable bonds is 6. The number of pyridine rings is 2. The first-order valence-corrected chi connectivity index (χ1v) is 15.3. The number of nitrogens with one attached hydrogen (secondary N) is 2. The van der Waals surface area contributed by atoms with E-state index in [1.54, 1.807) is 10.8 Å². The van der Waals surface area contributed by atoms with E-state index >= 15 is 0 Å². The topological polar surface area (TPSA) is 88.0 Å². The highest BCUT2D eigenvalue weighted by molar-refractivity contribution is 5.78. The summed E-state index contributed by atoms with van der Waals surface area (Å²) >= 11 is 0. The standard InChI is InChI=1S/C34H37N7O/c1-23-18-29(10-11-31(23)40-16-14-35-15-17-40)38-34-37-21-27-19-26(9-8-24-6-7-24)33(42)41(32(27)39-34)22-28-20-36-13-12-30(28)25-4-2-3-5-25/h10-13,18-21,24-25,35H,2-7,14-17,22H2,1H3,(H,37,38,39). The Morgan fingerprint density at radius 2 is 1.88 bits per heavy atom. The summed E-state index contributed by atoms with van der Waals surface area (Å²) in [6.45, 7) is 6.56. The fourth-order valence-corrected chi connectivity index (χ4v) is 6.36. The number of aryl methyl sites for hydroxylation is 1. The van der Waals surface area contributed by atoms with Crippen LogP contribution in [-0.4, -0.2) is 45.7 Å². The maximum absolute atomic E-state index is 13.9. The first-order valence-electron chi connectivity index (χ1n) is 15.3. The molecule has 1 aliphatic heterocycles. The average Bonchev–Trinajstić information content (AvgIpc) is 3.69. The highest BCUT2D eigenvalue weighted by Gasteiger charge is 2.22. The van der Waals surface area contributed by atoms with Gasteiger partial charge in [0.25, 0.3) is 5.56 Å². The first-order chi connectivity index (χ1) is 20.6. The summed E-state index contributed by atoms with van der Waals surface area (Å²) in [5.41, 5.74) is 6.74. The molecule has 0 radical (unpaired) electrons. The van der Waals surface area contributed by atoms with Crippen LogP contribution in [0.25, 0.3) is 11.0 Å². The molecule has 1 aromatic carbocycles. The van der Waals surface area contributed by atoms with Crippen LogP contribution in [0.1, 0.15) is 66.7 Å². The number of piperazine rings is 1. The zero-order valence-corrected chi connectivity index (χ0v) is 24.2. The molecule has 8 nitrogen and oxygen atoms in total. The van der Waals surface area contributed by atoms with Crippen LogP contribution in [0.2, 0.25) is 0 Å². The quantitative estimate of drug-likeness (QED) is 0.317. The summed E-state index contributed by atoms with van der Waals surface area (Å²) in [5.74, 6) is 7.83. The van der Waals surface area contributed by atoms with Gasteiger partial charge in [0, 0.05) is 67.4 Å². The van der Waals surface area contributed by atoms with E-state index in [1.807, 2.05) is 18.5 Å². The zero-order valence-electron chi connectivity index (χ0n) is 24.2. The number of nitrogens with zero attached hydrogens (tertiary/aromatic N) is 5. The van der Waals surface area contributed by atoms with E-state index in [1.165, 1.54) is 42.5 Å². The molecule has 2 aliphatic carbocycles. The molecule has 3 aromatic heterocycles. The molecule has 4 aromatic rings. The minimum atomic E-state index is -0.113. The van der Waals surface area contributed by atoms with Gasteiger partial charge >= 0.3 is 0 Å². The maximum atomic E-state index is 13.9. The van der Waals surface area contributed by atoms with Gasteiger partial charge in [0.1, 0.15) is 5.65 Å². The summed E-state index contributed by atoms with van der Waals surface area (Å²) in [4.78, 5) is 30.3. The van der Waals surface area contributed by atoms with Crippen LogP contribution in [0.3, 0.4) is 0 Å². The summed E-state index contributed by atoms with van der Waals surface area (Å²) in [7, 11) is 0. The number of benzene rings is 1. The van der Waals surface area contributed by atoms with Crippen LogP contribution >= 0.6 is 0 Å². The fourth-order valence-electron chi connectivity index (χ4n) is 6.36. The first kappa shape index (κ1) is 26.7. The smallest absolute Gasteiger partial charge is 0.268 e. The molecule has 3 aliphatic rings. The van der Waals surface area contributed by atoms with Crippen molar-refractivity contribution in [3.8, 4) is 11.8 Å². The van der Waals surface area contributed by atoms with Crippen molar-refractivity contribution in [1.82, 2.24) is 24.8 Å². The number of aromatic nitrogens is 4. The van der Waals surface area contributed by atoms with E-state index in [0.717, 1.165) is 55.7 Å². The molecular formula is C34H37N7O. The Hall–Kier alpha value is -4.22. The van der Waals surface area contributed by atoms with Gasteiger partial charge in [-0.05, 0) is 85.5 Å². The molecule has 7 rings (SSSR count). The molecule has 4 heterocycles. The van der Waals surface area contributed by atoms with Crippen LogP contribution in [-0.2, 0) is 6.54 Å². The SMILES string of the molecule is Cc1cc(Nc2ncc3cc(C#CC4CC4)c(=O)n(Cc4cnccc4C4CCCC4)c3n2)ccc1N1CCNCC1. The van der Waals surface area contributed by atoms with Crippen LogP contribution in [0, 0.1) is 24.7 Å². The minimum Gasteiger partial charge on any atom is -0.369 e. The molecular weight excluding hydrogens is 522 g/mol. The normalized spacial score (nSPS) is 17.3. The summed E-state index contributed by atoms with van der Waals surface area (Å²) in [6.07, 6.45) is 12.7. The van der Waals surface area contributed by atoms with E-state index in [9.17, 15) is 4.79 Å². The predicted octanol–water partition coefficient (Wildman–Crippen LogP) is 5.12. The van der Waals surface area contributed by atoms with Crippen LogP contribution in [0.5, 0.6) is 0 Å². The van der Waals surface area contributed by atoms with Crippen molar-refractivity contribution in [2.24, 2.45) is 5.92 Å². The lowest BCUT2D eigenvalue weighted by Crippen LogP contribution is -2.43. The monoisotopic (exact) mass is 559 g/mol. The Morgan fingerprint density at radius 3 is 2.67 bits per heavy atom. The van der Waals surface area contributed by atoms with Gasteiger partial charge in [-0.1, -0.05) is 24.7 Å². The molecule has 0 unspecified atom stereocenters. The van der Waals surface area contributed by atoms with Gasteiger partial charge in [-0.2, -0.15) is 4.98 Å². The molecule has 0 bridgehead atoms. The van der Waals surface area contributed by atoms with Gasteiger partial charge < -0.3 is 15.5 Å². The van der Waals surface area contributed by atoms with Gasteiger partial charge in [-0.25, -0.2) is 4.98 Å². The number of hydrogen-bond acceptors (Lipinski definition) is 7. The lowest BCUT2D eigenvalue weighted by Gasteiger charge is -2.30. The molecule has 2 saturated carbocycles. The third kappa shape index (κ3) is 5.62. The zero-order chi connectivity index (χ0) is 28.5. The Morgan fingerprint density at radius 1 is 1.05 bits per heavy atom. The third-order valence-corrected chi connectivity index (χ3v) is 8.79. The van der Waals surface area contributed by atoms with Crippen LogP contribution in [0.15, 0.2) is 53.7 Å². The lowest BCUT2D eigenvalue weighted by molar-refractivity contribution is 0.588. The van der Waals surface area contributed by atoms with Gasteiger partial charge in [0.05, 0.1) is 12.1 Å². The Kier molecular flexibility index (Phi) is 7.35. The Bertz CT molecular complexity index is 1730. The van der Waals surface area contributed by atoms with E-state index in [-0.39, 0.29) is 5.56 Å². The van der Waals surface area contributed by atoms with Crippen molar-refractivity contribution in [3.05, 3.63) is 81.5 Å². The Balaban J connectivity index is 1.25. The molecule has 2 N–H and O–H groups in total. The van der Waals surface area contributed by atoms with Gasteiger partial charge in [0.15, 0.2) is 0 Å². The second-order valence-corrected chi connectivity index (χ2v) is 11.9. The largest absolute Gasteiger partial charge is 0.369 e. The van der Waals surface area contributed by atoms with Crippen molar-refractivity contribution in [2.45, 2.75) is 57.9 Å². The second-order valence-electron chi connectivity index (χ2n) is 11.9. The van der Waals surface area contributed by atoms with E-state index in [0.29, 0.717) is 35.5 Å². The van der Waals surface area contributed by atoms with Gasteiger partial charge in [-0.15, -0.1) is 0 Å². The number of hydrogen-bond donors (Lipinski definition) is 2. The molecule has 0 spiro atoms. The van der Waals surface area contributed by atoms with E-state index in [2.05, 4.69) is 68.5 Å². The predicted molar refractivity (Wildman–Crippen MR) is 167 cm³/mol. The van der Waals surface area contributed by atoms with Gasteiger partial charge in [0.2, 0.25) is 5.95 Å². The number of fused-ring (bicyclic) bond motifs is 1. The minimum absolute atomic E-state index is 0.113. The maximum Gasteiger partial charge on any atom is 0.268 e. The Labute approximate surface area is 246 Å².